The molecule has 0 unspecified atom stereocenters. The fourth-order valence-corrected chi connectivity index (χ4v) is 2.73. The van der Waals surface area contributed by atoms with Gasteiger partial charge in [-0.2, -0.15) is 0 Å². The van der Waals surface area contributed by atoms with Crippen LogP contribution in [0.15, 0.2) is 23.1 Å². The number of carbonyl (C=O) groups excluding carboxylic acids is 3. The summed E-state index contributed by atoms with van der Waals surface area (Å²) in [5.41, 5.74) is 0.643. The minimum absolute atomic E-state index is 0.217. The first-order chi connectivity index (χ1) is 11.0. The smallest absolute Gasteiger partial charge is 0.325 e. The summed E-state index contributed by atoms with van der Waals surface area (Å²) in [7, 11) is 4.23. The van der Waals surface area contributed by atoms with Gasteiger partial charge in [0.25, 0.3) is 11.1 Å². The maximum absolute atomic E-state index is 12.2. The molecule has 0 atom stereocenters. The third-order valence-electron chi connectivity index (χ3n) is 3.06. The average Bonchev–Trinajstić information content (AvgIpc) is 2.81. The highest BCUT2D eigenvalue weighted by atomic mass is 32.2. The summed E-state index contributed by atoms with van der Waals surface area (Å²) < 4.78 is 14.8. The van der Waals surface area contributed by atoms with Crippen LogP contribution in [0.25, 0.3) is 6.08 Å². The molecule has 0 saturated carbocycles. The number of methoxy groups -OCH3 is 3. The molecule has 7 nitrogen and oxygen atoms in total. The standard InChI is InChI=1S/C15H15NO6S/c1-20-10-4-9(5-11(7-10)21-2)6-12-14(18)16(15(19)23-12)8-13(17)22-3/h4-7H,8H2,1-3H3/b12-6-. The zero-order chi connectivity index (χ0) is 17.0. The van der Waals surface area contributed by atoms with Crippen LogP contribution in [-0.2, 0) is 14.3 Å². The van der Waals surface area contributed by atoms with E-state index in [0.29, 0.717) is 17.1 Å². The van der Waals surface area contributed by atoms with Crippen molar-refractivity contribution in [2.24, 2.45) is 0 Å². The molecule has 0 radical (unpaired) electrons. The molecule has 0 spiro atoms. The minimum Gasteiger partial charge on any atom is -0.497 e. The Morgan fingerprint density at radius 3 is 2.26 bits per heavy atom. The maximum Gasteiger partial charge on any atom is 0.325 e. The Kier molecular flexibility index (Phi) is 5.28. The van der Waals surface area contributed by atoms with Crippen molar-refractivity contribution in [1.82, 2.24) is 4.90 Å². The van der Waals surface area contributed by atoms with Gasteiger partial charge >= 0.3 is 5.97 Å². The Morgan fingerprint density at radius 2 is 1.74 bits per heavy atom. The van der Waals surface area contributed by atoms with Gasteiger partial charge in [-0.3, -0.25) is 19.3 Å². The molecular weight excluding hydrogens is 322 g/mol. The van der Waals surface area contributed by atoms with E-state index in [4.69, 9.17) is 9.47 Å². The predicted molar refractivity (Wildman–Crippen MR) is 84.2 cm³/mol. The van der Waals surface area contributed by atoms with Crippen molar-refractivity contribution in [3.63, 3.8) is 0 Å². The van der Waals surface area contributed by atoms with E-state index in [1.54, 1.807) is 24.3 Å². The third-order valence-corrected chi connectivity index (χ3v) is 3.97. The molecule has 0 N–H and O–H groups in total. The SMILES string of the molecule is COC(=O)CN1C(=O)S/C(=C\c2cc(OC)cc(OC)c2)C1=O. The van der Waals surface area contributed by atoms with Crippen LogP contribution >= 0.6 is 11.8 Å². The normalized spacial score (nSPS) is 16.0. The molecule has 1 aliphatic heterocycles. The second kappa shape index (κ2) is 7.19. The molecule has 122 valence electrons. The molecule has 1 heterocycles. The number of ether oxygens (including phenoxy) is 3. The van der Waals surface area contributed by atoms with E-state index in [1.165, 1.54) is 21.3 Å². The number of hydrogen-bond donors (Lipinski definition) is 0. The first kappa shape index (κ1) is 16.9. The molecule has 23 heavy (non-hydrogen) atoms. The van der Waals surface area contributed by atoms with E-state index < -0.39 is 23.7 Å². The summed E-state index contributed by atoms with van der Waals surface area (Å²) in [6, 6.07) is 5.11. The van der Waals surface area contributed by atoms with Gasteiger partial charge in [0, 0.05) is 6.07 Å². The van der Waals surface area contributed by atoms with E-state index in [-0.39, 0.29) is 4.91 Å². The highest BCUT2D eigenvalue weighted by Crippen LogP contribution is 2.33. The van der Waals surface area contributed by atoms with Crippen LogP contribution in [0, 0.1) is 0 Å². The van der Waals surface area contributed by atoms with Gasteiger partial charge in [-0.25, -0.2) is 0 Å². The van der Waals surface area contributed by atoms with E-state index in [2.05, 4.69) is 4.74 Å². The second-order valence-corrected chi connectivity index (χ2v) is 5.48. The van der Waals surface area contributed by atoms with Gasteiger partial charge < -0.3 is 14.2 Å². The number of esters is 1. The van der Waals surface area contributed by atoms with Crippen LogP contribution < -0.4 is 9.47 Å². The zero-order valence-electron chi connectivity index (χ0n) is 12.8. The molecule has 1 aliphatic rings. The first-order valence-electron chi connectivity index (χ1n) is 6.53. The summed E-state index contributed by atoms with van der Waals surface area (Å²) in [6.45, 7) is -0.403. The molecule has 0 bridgehead atoms. The zero-order valence-corrected chi connectivity index (χ0v) is 13.6. The summed E-state index contributed by atoms with van der Waals surface area (Å²) in [6.07, 6.45) is 1.55. The van der Waals surface area contributed by atoms with Crippen molar-refractivity contribution >= 4 is 35.0 Å². The van der Waals surface area contributed by atoms with Crippen LogP contribution in [0.3, 0.4) is 0 Å². The molecule has 1 fully saturated rings. The molecule has 2 rings (SSSR count). The molecule has 1 saturated heterocycles. The molecule has 1 aromatic carbocycles. The van der Waals surface area contributed by atoms with Gasteiger partial charge in [0.15, 0.2) is 0 Å². The van der Waals surface area contributed by atoms with Gasteiger partial charge in [0.2, 0.25) is 0 Å². The number of imide groups is 1. The summed E-state index contributed by atoms with van der Waals surface area (Å²) in [5.74, 6) is -0.0717. The fraction of sp³-hybridized carbons (Fsp3) is 0.267. The average molecular weight is 337 g/mol. The van der Waals surface area contributed by atoms with Crippen molar-refractivity contribution in [1.29, 1.82) is 0 Å². The monoisotopic (exact) mass is 337 g/mol. The number of amides is 2. The Balaban J connectivity index is 2.28. The van der Waals surface area contributed by atoms with Crippen molar-refractivity contribution in [2.75, 3.05) is 27.9 Å². The molecule has 0 aliphatic carbocycles. The fourth-order valence-electron chi connectivity index (χ4n) is 1.89. The van der Waals surface area contributed by atoms with Crippen molar-refractivity contribution in [2.45, 2.75) is 0 Å². The van der Waals surface area contributed by atoms with E-state index in [1.807, 2.05) is 0 Å². The largest absolute Gasteiger partial charge is 0.497 e. The Morgan fingerprint density at radius 1 is 1.13 bits per heavy atom. The predicted octanol–water partition coefficient (Wildman–Crippen LogP) is 1.91. The van der Waals surface area contributed by atoms with Crippen LogP contribution in [0.5, 0.6) is 11.5 Å². The molecular formula is C15H15NO6S. The lowest BCUT2D eigenvalue weighted by molar-refractivity contribution is -0.143. The lowest BCUT2D eigenvalue weighted by atomic mass is 10.2. The maximum atomic E-state index is 12.2. The third kappa shape index (κ3) is 3.84. The molecule has 2 amide bonds. The number of thioether (sulfide) groups is 1. The van der Waals surface area contributed by atoms with Crippen LogP contribution in [0.2, 0.25) is 0 Å². The lowest BCUT2D eigenvalue weighted by Crippen LogP contribution is -2.34. The number of rotatable bonds is 5. The number of hydrogen-bond acceptors (Lipinski definition) is 7. The number of nitrogens with zero attached hydrogens (tertiary/aromatic N) is 1. The van der Waals surface area contributed by atoms with Crippen LogP contribution in [0.1, 0.15) is 5.56 Å². The lowest BCUT2D eigenvalue weighted by Gasteiger charge is -2.09. The highest BCUT2D eigenvalue weighted by molar-refractivity contribution is 8.18. The second-order valence-electron chi connectivity index (χ2n) is 4.49. The van der Waals surface area contributed by atoms with Gasteiger partial charge in [-0.1, -0.05) is 0 Å². The van der Waals surface area contributed by atoms with Gasteiger partial charge in [-0.05, 0) is 35.5 Å². The summed E-state index contributed by atoms with van der Waals surface area (Å²) >= 11 is 0.765. The van der Waals surface area contributed by atoms with Crippen molar-refractivity contribution in [3.05, 3.63) is 28.7 Å². The summed E-state index contributed by atoms with van der Waals surface area (Å²) in [4.78, 5) is 36.4. The summed E-state index contributed by atoms with van der Waals surface area (Å²) in [5, 5.41) is -0.512. The molecule has 0 aromatic heterocycles. The van der Waals surface area contributed by atoms with E-state index >= 15 is 0 Å². The van der Waals surface area contributed by atoms with Crippen molar-refractivity contribution < 1.29 is 28.6 Å². The van der Waals surface area contributed by atoms with Crippen molar-refractivity contribution in [3.8, 4) is 11.5 Å². The van der Waals surface area contributed by atoms with E-state index in [0.717, 1.165) is 16.7 Å². The number of carbonyl (C=O) groups is 3. The Bertz CT molecular complexity index is 662. The molecule has 1 aromatic rings. The highest BCUT2D eigenvalue weighted by Gasteiger charge is 2.36. The minimum atomic E-state index is -0.656. The number of benzene rings is 1. The van der Waals surface area contributed by atoms with Gasteiger partial charge in [0.05, 0.1) is 26.2 Å². The van der Waals surface area contributed by atoms with E-state index in [9.17, 15) is 14.4 Å². The quantitative estimate of drug-likeness (QED) is 0.599. The first-order valence-corrected chi connectivity index (χ1v) is 7.35. The van der Waals surface area contributed by atoms with Crippen LogP contribution in [-0.4, -0.2) is 49.9 Å². The van der Waals surface area contributed by atoms with Gasteiger partial charge in [0.1, 0.15) is 18.0 Å². The van der Waals surface area contributed by atoms with Crippen LogP contribution in [0.4, 0.5) is 4.79 Å². The molecule has 8 heteroatoms. The Hall–Kier alpha value is -2.48. The van der Waals surface area contributed by atoms with Gasteiger partial charge in [-0.15, -0.1) is 0 Å². The Labute approximate surface area is 137 Å². The topological polar surface area (TPSA) is 82.1 Å².